The molecular weight excluding hydrogens is 211 g/mol. The van der Waals surface area contributed by atoms with Gasteiger partial charge in [0.2, 0.25) is 0 Å². The van der Waals surface area contributed by atoms with Gasteiger partial charge in [-0.3, -0.25) is 4.79 Å². The second-order valence-corrected chi connectivity index (χ2v) is 3.63. The van der Waals surface area contributed by atoms with Crippen LogP contribution in [0.5, 0.6) is 0 Å². The fraction of sp³-hybridized carbons (Fsp3) is 0.750. The Kier molecular flexibility index (Phi) is 2.90. The second-order valence-electron chi connectivity index (χ2n) is 3.63. The molecule has 1 amide bonds. The molecule has 0 bridgehead atoms. The summed E-state index contributed by atoms with van der Waals surface area (Å²) in [6.45, 7) is 0.608. The normalized spacial score (nSPS) is 27.4. The highest BCUT2D eigenvalue weighted by atomic mass is 19.4. The van der Waals surface area contributed by atoms with Crippen molar-refractivity contribution in [2.45, 2.75) is 18.1 Å². The zero-order valence-corrected chi connectivity index (χ0v) is 8.06. The van der Waals surface area contributed by atoms with E-state index in [1.807, 2.05) is 0 Å². The Bertz CT molecular complexity index is 309. The van der Waals surface area contributed by atoms with Crippen LogP contribution >= 0.6 is 0 Å². The molecule has 0 saturated carbocycles. The van der Waals surface area contributed by atoms with E-state index in [9.17, 15) is 18.0 Å². The van der Waals surface area contributed by atoms with Crippen LogP contribution in [-0.2, 0) is 4.79 Å². The van der Waals surface area contributed by atoms with Gasteiger partial charge in [-0.05, 0) is 13.5 Å². The number of likely N-dealkylation sites (N-methyl/N-ethyl adjacent to an activating group) is 1. The Morgan fingerprint density at radius 2 is 2.20 bits per heavy atom. The number of alkyl halides is 3. The number of hydrogen-bond acceptors (Lipinski definition) is 3. The summed E-state index contributed by atoms with van der Waals surface area (Å²) in [6.07, 6.45) is -4.73. The lowest BCUT2D eigenvalue weighted by Crippen LogP contribution is -2.53. The number of hydrogen-bond donors (Lipinski definition) is 1. The summed E-state index contributed by atoms with van der Waals surface area (Å²) in [6, 6.07) is 1.74. The SMILES string of the molecule is CN1CCC(C#N)(NC(=O)C(F)(F)F)C1. The molecule has 4 nitrogen and oxygen atoms in total. The number of likely N-dealkylation sites (tertiary alicyclic amines) is 1. The number of rotatable bonds is 1. The van der Waals surface area contributed by atoms with Crippen molar-refractivity contribution in [2.75, 3.05) is 20.1 Å². The van der Waals surface area contributed by atoms with Crippen molar-refractivity contribution in [2.24, 2.45) is 0 Å². The molecule has 0 radical (unpaired) electrons. The van der Waals surface area contributed by atoms with Crippen LogP contribution in [-0.4, -0.2) is 42.7 Å². The molecule has 1 aliphatic heterocycles. The van der Waals surface area contributed by atoms with Crippen molar-refractivity contribution in [3.8, 4) is 6.07 Å². The molecule has 1 atom stereocenters. The van der Waals surface area contributed by atoms with Crippen LogP contribution in [0.2, 0.25) is 0 Å². The first-order chi connectivity index (χ1) is 6.79. The van der Waals surface area contributed by atoms with Crippen LogP contribution in [0.3, 0.4) is 0 Å². The third-order valence-corrected chi connectivity index (χ3v) is 2.28. The predicted molar refractivity (Wildman–Crippen MR) is 44.7 cm³/mol. The van der Waals surface area contributed by atoms with Crippen LogP contribution in [0.4, 0.5) is 13.2 Å². The minimum atomic E-state index is -4.94. The summed E-state index contributed by atoms with van der Waals surface area (Å²) < 4.78 is 35.9. The lowest BCUT2D eigenvalue weighted by Gasteiger charge is -2.22. The van der Waals surface area contributed by atoms with Crippen molar-refractivity contribution >= 4 is 5.91 Å². The standard InChI is InChI=1S/C8H10F3N3O/c1-14-3-2-7(4-12,5-14)13-6(15)8(9,10)11/h2-3,5H2,1H3,(H,13,15). The largest absolute Gasteiger partial charge is 0.471 e. The maximum absolute atomic E-state index is 12.0. The Morgan fingerprint density at radius 3 is 2.53 bits per heavy atom. The lowest BCUT2D eigenvalue weighted by molar-refractivity contribution is -0.175. The number of carbonyl (C=O) groups excluding carboxylic acids is 1. The smallest absolute Gasteiger partial charge is 0.329 e. The van der Waals surface area contributed by atoms with Crippen LogP contribution in [0, 0.1) is 11.3 Å². The zero-order valence-electron chi connectivity index (χ0n) is 8.06. The monoisotopic (exact) mass is 221 g/mol. The molecule has 0 aromatic rings. The Hall–Kier alpha value is -1.29. The summed E-state index contributed by atoms with van der Waals surface area (Å²) in [5.74, 6) is -2.06. The molecule has 1 rings (SSSR count). The van der Waals surface area contributed by atoms with Crippen molar-refractivity contribution < 1.29 is 18.0 Å². The molecule has 1 fully saturated rings. The number of halogens is 3. The lowest BCUT2D eigenvalue weighted by atomic mass is 10.0. The van der Waals surface area contributed by atoms with E-state index >= 15 is 0 Å². The molecule has 15 heavy (non-hydrogen) atoms. The van der Waals surface area contributed by atoms with Gasteiger partial charge in [-0.15, -0.1) is 0 Å². The number of nitrogens with one attached hydrogen (secondary N) is 1. The molecule has 0 spiro atoms. The molecule has 1 N–H and O–H groups in total. The molecule has 1 unspecified atom stereocenters. The number of nitriles is 1. The van der Waals surface area contributed by atoms with E-state index in [-0.39, 0.29) is 13.0 Å². The molecule has 7 heteroatoms. The first kappa shape index (κ1) is 11.8. The summed E-state index contributed by atoms with van der Waals surface area (Å²) in [7, 11) is 1.68. The zero-order chi connectivity index (χ0) is 11.7. The highest BCUT2D eigenvalue weighted by Gasteiger charge is 2.46. The van der Waals surface area contributed by atoms with E-state index in [0.717, 1.165) is 0 Å². The van der Waals surface area contributed by atoms with E-state index in [1.165, 1.54) is 0 Å². The van der Waals surface area contributed by atoms with Gasteiger partial charge in [-0.25, -0.2) is 0 Å². The van der Waals surface area contributed by atoms with Crippen molar-refractivity contribution in [1.29, 1.82) is 5.26 Å². The first-order valence-electron chi connectivity index (χ1n) is 4.28. The van der Waals surface area contributed by atoms with Gasteiger partial charge in [0.25, 0.3) is 0 Å². The highest BCUT2D eigenvalue weighted by Crippen LogP contribution is 2.22. The minimum absolute atomic E-state index is 0.116. The van der Waals surface area contributed by atoms with Gasteiger partial charge in [-0.2, -0.15) is 18.4 Å². The third-order valence-electron chi connectivity index (χ3n) is 2.28. The average Bonchev–Trinajstić information content (AvgIpc) is 2.47. The molecule has 1 saturated heterocycles. The molecular formula is C8H10F3N3O. The summed E-state index contributed by atoms with van der Waals surface area (Å²) >= 11 is 0. The summed E-state index contributed by atoms with van der Waals surface area (Å²) in [5, 5.41) is 10.5. The van der Waals surface area contributed by atoms with Crippen molar-refractivity contribution in [3.05, 3.63) is 0 Å². The topological polar surface area (TPSA) is 56.1 Å². The molecule has 84 valence electrons. The van der Waals surface area contributed by atoms with Gasteiger partial charge in [0.05, 0.1) is 6.07 Å². The van der Waals surface area contributed by atoms with Gasteiger partial charge in [-0.1, -0.05) is 0 Å². The predicted octanol–water partition coefficient (Wildman–Crippen LogP) is 0.263. The van der Waals surface area contributed by atoms with E-state index < -0.39 is 17.6 Å². The van der Waals surface area contributed by atoms with Crippen molar-refractivity contribution in [1.82, 2.24) is 10.2 Å². The second kappa shape index (κ2) is 3.70. The highest BCUT2D eigenvalue weighted by molar-refractivity contribution is 5.82. The number of amides is 1. The Labute approximate surface area is 84.6 Å². The van der Waals surface area contributed by atoms with Gasteiger partial charge in [0, 0.05) is 13.1 Å². The van der Waals surface area contributed by atoms with Gasteiger partial charge >= 0.3 is 12.1 Å². The first-order valence-corrected chi connectivity index (χ1v) is 4.28. The molecule has 1 aliphatic rings. The fourth-order valence-corrected chi connectivity index (χ4v) is 1.51. The Balaban J connectivity index is 2.72. The van der Waals surface area contributed by atoms with Crippen LogP contribution < -0.4 is 5.32 Å². The number of carbonyl (C=O) groups is 1. The average molecular weight is 221 g/mol. The van der Waals surface area contributed by atoms with Crippen LogP contribution in [0.15, 0.2) is 0 Å². The quantitative estimate of drug-likeness (QED) is 0.691. The maximum Gasteiger partial charge on any atom is 0.471 e. The van der Waals surface area contributed by atoms with E-state index in [1.54, 1.807) is 23.3 Å². The molecule has 0 aliphatic carbocycles. The maximum atomic E-state index is 12.0. The summed E-state index contributed by atoms with van der Waals surface area (Å²) in [4.78, 5) is 12.4. The van der Waals surface area contributed by atoms with E-state index in [4.69, 9.17) is 5.26 Å². The van der Waals surface area contributed by atoms with Gasteiger partial charge < -0.3 is 10.2 Å². The summed E-state index contributed by atoms with van der Waals surface area (Å²) in [5.41, 5.74) is -1.40. The number of nitrogens with zero attached hydrogens (tertiary/aromatic N) is 2. The van der Waals surface area contributed by atoms with E-state index in [2.05, 4.69) is 0 Å². The van der Waals surface area contributed by atoms with Gasteiger partial charge in [0.15, 0.2) is 0 Å². The van der Waals surface area contributed by atoms with Crippen LogP contribution in [0.25, 0.3) is 0 Å². The molecule has 0 aromatic carbocycles. The van der Waals surface area contributed by atoms with Crippen LogP contribution in [0.1, 0.15) is 6.42 Å². The van der Waals surface area contributed by atoms with Gasteiger partial charge in [0.1, 0.15) is 5.54 Å². The van der Waals surface area contributed by atoms with Crippen molar-refractivity contribution in [3.63, 3.8) is 0 Å². The third kappa shape index (κ3) is 2.59. The molecule has 0 aromatic heterocycles. The molecule has 1 heterocycles. The van der Waals surface area contributed by atoms with E-state index in [0.29, 0.717) is 6.54 Å². The minimum Gasteiger partial charge on any atom is -0.329 e. The Morgan fingerprint density at radius 1 is 1.60 bits per heavy atom. The fourth-order valence-electron chi connectivity index (χ4n) is 1.51.